The van der Waals surface area contributed by atoms with E-state index in [0.717, 1.165) is 46.6 Å². The van der Waals surface area contributed by atoms with Crippen LogP contribution in [0.15, 0.2) is 112 Å². The number of nitrogens with zero attached hydrogens (tertiary/aromatic N) is 2. The van der Waals surface area contributed by atoms with Gasteiger partial charge in [0.1, 0.15) is 23.9 Å². The Bertz CT molecular complexity index is 2020. The lowest BCUT2D eigenvalue weighted by atomic mass is 9.83. The van der Waals surface area contributed by atoms with Crippen LogP contribution >= 0.6 is 11.3 Å². The Morgan fingerprint density at radius 2 is 1.71 bits per heavy atom. The molecule has 1 atom stereocenters. The zero-order valence-electron chi connectivity index (χ0n) is 22.9. The van der Waals surface area contributed by atoms with Crippen LogP contribution in [0.1, 0.15) is 40.3 Å². The summed E-state index contributed by atoms with van der Waals surface area (Å²) in [4.78, 5) is 19.9. The number of ether oxygens (including phenoxy) is 2. The van der Waals surface area contributed by atoms with Gasteiger partial charge in [0.2, 0.25) is 0 Å². The first kappa shape index (κ1) is 26.2. The highest BCUT2D eigenvalue weighted by Gasteiger charge is 2.32. The highest BCUT2D eigenvalue weighted by atomic mass is 32.1. The number of hydrogen-bond donors (Lipinski definition) is 0. The Kier molecular flexibility index (Phi) is 6.80. The van der Waals surface area contributed by atoms with E-state index in [9.17, 15) is 9.18 Å². The third-order valence-corrected chi connectivity index (χ3v) is 8.83. The van der Waals surface area contributed by atoms with Crippen LogP contribution in [0.3, 0.4) is 0 Å². The zero-order valence-corrected chi connectivity index (χ0v) is 23.7. The van der Waals surface area contributed by atoms with Crippen molar-refractivity contribution < 1.29 is 13.9 Å². The molecule has 0 saturated heterocycles. The second-order valence-corrected chi connectivity index (χ2v) is 11.3. The van der Waals surface area contributed by atoms with Crippen molar-refractivity contribution in [2.75, 3.05) is 7.11 Å². The quantitative estimate of drug-likeness (QED) is 0.248. The number of aryl methyl sites for hydroxylation is 1. The minimum absolute atomic E-state index is 0.0857. The standard InChI is InChI=1S/C35H27FN2O3S/c1-40-26-17-14-23(15-18-26)33-28-19-16-22-8-2-5-11-27(22)32(28)37-35-38(33)34(39)31(42-35)20-24-9-4-7-13-30(24)41-21-25-10-3-6-12-29(25)36/h2-15,17-18,20,33H,16,19,21H2,1H3/b31-20+/t33-/m0/s1. The SMILES string of the molecule is COc1ccc([C@H]2C3=C(N=c4s/c(=C/c5ccccc5OCc5ccccc5F)c(=O)n42)c2ccccc2CC3)cc1. The molecule has 1 aliphatic heterocycles. The lowest BCUT2D eigenvalue weighted by molar-refractivity contribution is 0.299. The number of aromatic nitrogens is 1. The van der Waals surface area contributed by atoms with Crippen molar-refractivity contribution in [3.05, 3.63) is 156 Å². The first-order valence-electron chi connectivity index (χ1n) is 13.8. The summed E-state index contributed by atoms with van der Waals surface area (Å²) in [6.07, 6.45) is 3.57. The minimum atomic E-state index is -0.313. The third kappa shape index (κ3) is 4.65. The van der Waals surface area contributed by atoms with Crippen molar-refractivity contribution in [1.29, 1.82) is 0 Å². The Labute approximate surface area is 246 Å². The number of methoxy groups -OCH3 is 1. The summed E-state index contributed by atoms with van der Waals surface area (Å²) in [5.41, 5.74) is 6.62. The first-order valence-corrected chi connectivity index (χ1v) is 14.6. The minimum Gasteiger partial charge on any atom is -0.497 e. The normalized spacial score (nSPS) is 15.9. The molecule has 5 aromatic rings. The number of thiazole rings is 1. The Balaban J connectivity index is 1.36. The molecule has 0 unspecified atom stereocenters. The van der Waals surface area contributed by atoms with E-state index in [4.69, 9.17) is 14.5 Å². The Hall–Kier alpha value is -4.75. The number of fused-ring (bicyclic) bond motifs is 3. The van der Waals surface area contributed by atoms with Gasteiger partial charge in [-0.2, -0.15) is 0 Å². The van der Waals surface area contributed by atoms with E-state index in [1.165, 1.54) is 23.0 Å². The van der Waals surface area contributed by atoms with E-state index in [0.29, 0.717) is 20.6 Å². The van der Waals surface area contributed by atoms with Crippen LogP contribution in [0.5, 0.6) is 11.5 Å². The van der Waals surface area contributed by atoms with Gasteiger partial charge in [-0.1, -0.05) is 84.1 Å². The molecule has 4 aromatic carbocycles. The fourth-order valence-electron chi connectivity index (χ4n) is 5.75. The number of allylic oxidation sites excluding steroid dienone is 1. The highest BCUT2D eigenvalue weighted by molar-refractivity contribution is 7.07. The van der Waals surface area contributed by atoms with Gasteiger partial charge in [0.25, 0.3) is 5.56 Å². The molecule has 2 heterocycles. The van der Waals surface area contributed by atoms with E-state index in [1.807, 2.05) is 65.2 Å². The van der Waals surface area contributed by atoms with Gasteiger partial charge in [-0.25, -0.2) is 9.38 Å². The predicted molar refractivity (Wildman–Crippen MR) is 163 cm³/mol. The second-order valence-electron chi connectivity index (χ2n) is 10.3. The Morgan fingerprint density at radius 3 is 2.55 bits per heavy atom. The summed E-state index contributed by atoms with van der Waals surface area (Å²) in [5, 5.41) is 0. The first-order chi connectivity index (χ1) is 20.6. The van der Waals surface area contributed by atoms with E-state index >= 15 is 0 Å². The van der Waals surface area contributed by atoms with Gasteiger partial charge >= 0.3 is 0 Å². The van der Waals surface area contributed by atoms with Crippen LogP contribution < -0.4 is 24.4 Å². The van der Waals surface area contributed by atoms with Crippen LogP contribution in [0.25, 0.3) is 11.8 Å². The summed E-state index contributed by atoms with van der Waals surface area (Å²) in [7, 11) is 1.65. The lowest BCUT2D eigenvalue weighted by Crippen LogP contribution is -2.38. The molecular weight excluding hydrogens is 547 g/mol. The van der Waals surface area contributed by atoms with Gasteiger partial charge < -0.3 is 9.47 Å². The van der Waals surface area contributed by atoms with Crippen molar-refractivity contribution in [2.45, 2.75) is 25.5 Å². The number of rotatable bonds is 6. The molecule has 7 rings (SSSR count). The molecule has 0 spiro atoms. The fraction of sp³-hybridized carbons (Fsp3) is 0.143. The monoisotopic (exact) mass is 574 g/mol. The van der Waals surface area contributed by atoms with Gasteiger partial charge in [0.15, 0.2) is 4.80 Å². The summed E-state index contributed by atoms with van der Waals surface area (Å²) in [5.74, 6) is 1.03. The molecule has 0 amide bonds. The van der Waals surface area contributed by atoms with Crippen LogP contribution in [0.2, 0.25) is 0 Å². The van der Waals surface area contributed by atoms with Gasteiger partial charge in [-0.05, 0) is 59.9 Å². The van der Waals surface area contributed by atoms with Gasteiger partial charge in [-0.15, -0.1) is 0 Å². The van der Waals surface area contributed by atoms with Crippen LogP contribution in [-0.4, -0.2) is 11.7 Å². The van der Waals surface area contributed by atoms with E-state index in [-0.39, 0.29) is 24.0 Å². The average Bonchev–Trinajstić information content (AvgIpc) is 3.34. The molecule has 42 heavy (non-hydrogen) atoms. The smallest absolute Gasteiger partial charge is 0.271 e. The summed E-state index contributed by atoms with van der Waals surface area (Å²) >= 11 is 1.37. The summed E-state index contributed by atoms with van der Waals surface area (Å²) in [6.45, 7) is 0.0857. The molecule has 0 bridgehead atoms. The van der Waals surface area contributed by atoms with E-state index < -0.39 is 0 Å². The van der Waals surface area contributed by atoms with Crippen LogP contribution in [0, 0.1) is 5.82 Å². The maximum atomic E-state index is 14.2. The molecule has 0 N–H and O–H groups in total. The van der Waals surface area contributed by atoms with E-state index in [1.54, 1.807) is 25.3 Å². The third-order valence-electron chi connectivity index (χ3n) is 7.85. The lowest BCUT2D eigenvalue weighted by Gasteiger charge is -2.30. The van der Waals surface area contributed by atoms with Gasteiger partial charge in [0.05, 0.1) is 23.4 Å². The summed E-state index contributed by atoms with van der Waals surface area (Å²) < 4.78 is 28.0. The number of hydrogen-bond acceptors (Lipinski definition) is 5. The van der Waals surface area contributed by atoms with Crippen molar-refractivity contribution in [1.82, 2.24) is 4.57 Å². The van der Waals surface area contributed by atoms with Crippen molar-refractivity contribution in [3.63, 3.8) is 0 Å². The molecule has 7 heteroatoms. The molecule has 2 aliphatic rings. The van der Waals surface area contributed by atoms with Gasteiger partial charge in [-0.3, -0.25) is 9.36 Å². The number of para-hydroxylation sites is 1. The maximum absolute atomic E-state index is 14.2. The van der Waals surface area contributed by atoms with Crippen molar-refractivity contribution in [3.8, 4) is 11.5 Å². The molecular formula is C35H27FN2O3S. The highest BCUT2D eigenvalue weighted by Crippen LogP contribution is 2.41. The van der Waals surface area contributed by atoms with E-state index in [2.05, 4.69) is 18.2 Å². The largest absolute Gasteiger partial charge is 0.497 e. The van der Waals surface area contributed by atoms with Crippen LogP contribution in [0.4, 0.5) is 4.39 Å². The second kappa shape index (κ2) is 10.9. The topological polar surface area (TPSA) is 52.8 Å². The van der Waals surface area contributed by atoms with Crippen molar-refractivity contribution in [2.24, 2.45) is 4.99 Å². The molecule has 1 aliphatic carbocycles. The molecule has 1 aromatic heterocycles. The van der Waals surface area contributed by atoms with Gasteiger partial charge in [0, 0.05) is 16.7 Å². The van der Waals surface area contributed by atoms with Crippen molar-refractivity contribution >= 4 is 23.1 Å². The summed E-state index contributed by atoms with van der Waals surface area (Å²) in [6, 6.07) is 30.1. The molecule has 208 valence electrons. The maximum Gasteiger partial charge on any atom is 0.271 e. The fourth-order valence-corrected chi connectivity index (χ4v) is 6.74. The molecule has 0 fully saturated rings. The zero-order chi connectivity index (χ0) is 28.6. The Morgan fingerprint density at radius 1 is 0.952 bits per heavy atom. The molecule has 0 radical (unpaired) electrons. The van der Waals surface area contributed by atoms with Crippen LogP contribution in [-0.2, 0) is 13.0 Å². The average molecular weight is 575 g/mol. The number of halogens is 1. The molecule has 5 nitrogen and oxygen atoms in total. The number of benzene rings is 4. The molecule has 0 saturated carbocycles. The predicted octanol–water partition coefficient (Wildman–Crippen LogP) is 6.05.